The minimum Gasteiger partial charge on any atom is -0.479 e. The minimum atomic E-state index is -1.00. The van der Waals surface area contributed by atoms with Gasteiger partial charge in [0.2, 0.25) is 5.91 Å². The van der Waals surface area contributed by atoms with Crippen molar-refractivity contribution in [1.82, 2.24) is 19.7 Å². The quantitative estimate of drug-likeness (QED) is 0.910. The van der Waals surface area contributed by atoms with E-state index in [0.717, 1.165) is 24.2 Å². The number of carbonyl (C=O) groups is 2. The van der Waals surface area contributed by atoms with E-state index in [1.54, 1.807) is 17.8 Å². The molecule has 2 aromatic rings. The van der Waals surface area contributed by atoms with E-state index >= 15 is 0 Å². The van der Waals surface area contributed by atoms with Gasteiger partial charge in [0.1, 0.15) is 5.82 Å². The molecule has 0 bridgehead atoms. The Kier molecular flexibility index (Phi) is 3.78. The maximum Gasteiger partial charge on any atom is 0.331 e. The third-order valence-electron chi connectivity index (χ3n) is 4.96. The highest BCUT2D eigenvalue weighted by Gasteiger charge is 2.36. The number of carbonyl (C=O) groups excluding carboxylic acids is 1. The van der Waals surface area contributed by atoms with Crippen molar-refractivity contribution in [3.63, 3.8) is 0 Å². The fourth-order valence-corrected chi connectivity index (χ4v) is 3.45. The summed E-state index contributed by atoms with van der Waals surface area (Å²) in [4.78, 5) is 30.6. The summed E-state index contributed by atoms with van der Waals surface area (Å²) in [6, 6.07) is 6.49. The van der Waals surface area contributed by atoms with E-state index in [4.69, 9.17) is 0 Å². The number of rotatable bonds is 4. The molecule has 1 fully saturated rings. The van der Waals surface area contributed by atoms with Gasteiger partial charge in [0.05, 0.1) is 6.42 Å². The van der Waals surface area contributed by atoms with Gasteiger partial charge < -0.3 is 10.0 Å². The second-order valence-corrected chi connectivity index (χ2v) is 6.74. The van der Waals surface area contributed by atoms with Crippen molar-refractivity contribution in [3.8, 4) is 0 Å². The monoisotopic (exact) mass is 340 g/mol. The molecule has 1 N–H and O–H groups in total. The first kappa shape index (κ1) is 15.8. The molecule has 1 amide bonds. The van der Waals surface area contributed by atoms with Gasteiger partial charge >= 0.3 is 5.97 Å². The van der Waals surface area contributed by atoms with Crippen molar-refractivity contribution in [2.24, 2.45) is 7.05 Å². The van der Waals surface area contributed by atoms with Crippen molar-refractivity contribution < 1.29 is 14.7 Å². The molecule has 7 heteroatoms. The van der Waals surface area contributed by atoms with Crippen LogP contribution in [0.25, 0.3) is 0 Å². The Morgan fingerprint density at radius 1 is 1.28 bits per heavy atom. The molecule has 0 spiro atoms. The lowest BCUT2D eigenvalue weighted by molar-refractivity contribution is -0.151. The average molecular weight is 340 g/mol. The van der Waals surface area contributed by atoms with Gasteiger partial charge in [0.25, 0.3) is 0 Å². The molecule has 1 saturated carbocycles. The number of fused-ring (bicyclic) bond motifs is 1. The fourth-order valence-electron chi connectivity index (χ4n) is 3.45. The normalized spacial score (nSPS) is 19.6. The maximum absolute atomic E-state index is 12.8. The molecule has 1 aromatic carbocycles. The summed E-state index contributed by atoms with van der Waals surface area (Å²) in [5.74, 6) is 0.583. The molecule has 1 aliphatic carbocycles. The Balaban J connectivity index is 1.58. The Morgan fingerprint density at radius 3 is 2.76 bits per heavy atom. The lowest BCUT2D eigenvalue weighted by Gasteiger charge is -2.34. The van der Waals surface area contributed by atoms with Crippen LogP contribution >= 0.6 is 0 Å². The first-order valence-corrected chi connectivity index (χ1v) is 8.54. The van der Waals surface area contributed by atoms with Crippen LogP contribution in [-0.4, -0.2) is 43.2 Å². The van der Waals surface area contributed by atoms with Crippen LogP contribution in [0.3, 0.4) is 0 Å². The van der Waals surface area contributed by atoms with Crippen LogP contribution < -0.4 is 0 Å². The zero-order valence-electron chi connectivity index (χ0n) is 14.1. The predicted molar refractivity (Wildman–Crippen MR) is 88.9 cm³/mol. The molecule has 2 aliphatic rings. The molecule has 130 valence electrons. The second-order valence-electron chi connectivity index (χ2n) is 6.74. The first-order chi connectivity index (χ1) is 12.0. The van der Waals surface area contributed by atoms with Crippen molar-refractivity contribution in [2.75, 3.05) is 6.54 Å². The maximum atomic E-state index is 12.8. The summed E-state index contributed by atoms with van der Waals surface area (Å²) in [5, 5.41) is 14.1. The lowest BCUT2D eigenvalue weighted by Crippen LogP contribution is -2.44. The Morgan fingerprint density at radius 2 is 2.04 bits per heavy atom. The minimum absolute atomic E-state index is 0.0716. The Bertz CT molecular complexity index is 841. The summed E-state index contributed by atoms with van der Waals surface area (Å²) < 4.78 is 1.64. The molecular formula is C18H20N4O3. The molecular weight excluding hydrogens is 320 g/mol. The number of hydrogen-bond acceptors (Lipinski definition) is 4. The number of carboxylic acid groups (broad SMARTS) is 1. The van der Waals surface area contributed by atoms with Gasteiger partial charge in [-0.15, -0.1) is 0 Å². The molecule has 1 atom stereocenters. The van der Waals surface area contributed by atoms with Gasteiger partial charge in [-0.25, -0.2) is 9.78 Å². The number of aryl methyl sites for hydroxylation is 1. The SMILES string of the molecule is Cn1nc(C2CC2)nc1CC(=O)N1CCc2ccccc2C1C(=O)O. The lowest BCUT2D eigenvalue weighted by atomic mass is 9.92. The van der Waals surface area contributed by atoms with Crippen LogP contribution in [0, 0.1) is 0 Å². The van der Waals surface area contributed by atoms with Crippen molar-refractivity contribution in [2.45, 2.75) is 37.6 Å². The highest BCUT2D eigenvalue weighted by atomic mass is 16.4. The summed E-state index contributed by atoms with van der Waals surface area (Å²) in [6.45, 7) is 0.403. The van der Waals surface area contributed by atoms with E-state index in [-0.39, 0.29) is 12.3 Å². The fraction of sp³-hybridized carbons (Fsp3) is 0.444. The Labute approximate surface area is 145 Å². The number of carboxylic acids is 1. The largest absolute Gasteiger partial charge is 0.479 e. The van der Waals surface area contributed by atoms with Gasteiger partial charge in [-0.3, -0.25) is 9.48 Å². The standard InChI is InChI=1S/C18H20N4O3/c1-21-14(19-17(20-21)12-6-7-12)10-15(23)22-9-8-11-4-2-3-5-13(11)16(22)18(24)25/h2-5,12,16H,6-10H2,1H3,(H,24,25). The zero-order chi connectivity index (χ0) is 17.6. The summed E-state index contributed by atoms with van der Waals surface area (Å²) in [6.07, 6.45) is 2.93. The summed E-state index contributed by atoms with van der Waals surface area (Å²) in [7, 11) is 1.78. The van der Waals surface area contributed by atoms with Gasteiger partial charge in [0.15, 0.2) is 11.9 Å². The van der Waals surface area contributed by atoms with Crippen molar-refractivity contribution in [1.29, 1.82) is 0 Å². The van der Waals surface area contributed by atoms with E-state index in [9.17, 15) is 14.7 Å². The number of nitrogens with zero attached hydrogens (tertiary/aromatic N) is 4. The predicted octanol–water partition coefficient (Wildman–Crippen LogP) is 1.45. The third-order valence-corrected chi connectivity index (χ3v) is 4.96. The smallest absolute Gasteiger partial charge is 0.331 e. The molecule has 0 saturated heterocycles. The van der Waals surface area contributed by atoms with Gasteiger partial charge in [-0.1, -0.05) is 24.3 Å². The number of amides is 1. The molecule has 4 rings (SSSR count). The van der Waals surface area contributed by atoms with Gasteiger partial charge in [0, 0.05) is 19.5 Å². The second kappa shape index (κ2) is 5.98. The van der Waals surface area contributed by atoms with E-state index in [1.807, 2.05) is 18.2 Å². The molecule has 1 aliphatic heterocycles. The summed E-state index contributed by atoms with van der Waals surface area (Å²) in [5.41, 5.74) is 1.69. The Hall–Kier alpha value is -2.70. The van der Waals surface area contributed by atoms with Crippen LogP contribution in [0.15, 0.2) is 24.3 Å². The number of aromatic nitrogens is 3. The average Bonchev–Trinajstić information content (AvgIpc) is 3.38. The van der Waals surface area contributed by atoms with Crippen molar-refractivity contribution >= 4 is 11.9 Å². The van der Waals surface area contributed by atoms with Crippen LogP contribution in [-0.2, 0) is 29.5 Å². The van der Waals surface area contributed by atoms with E-state index in [2.05, 4.69) is 10.1 Å². The number of aliphatic carboxylic acids is 1. The molecule has 1 unspecified atom stereocenters. The van der Waals surface area contributed by atoms with E-state index in [1.165, 1.54) is 4.90 Å². The van der Waals surface area contributed by atoms with Crippen molar-refractivity contribution in [3.05, 3.63) is 47.0 Å². The molecule has 25 heavy (non-hydrogen) atoms. The topological polar surface area (TPSA) is 88.3 Å². The van der Waals surface area contributed by atoms with E-state index < -0.39 is 12.0 Å². The van der Waals surface area contributed by atoms with Gasteiger partial charge in [-0.05, 0) is 30.4 Å². The third kappa shape index (κ3) is 2.90. The van der Waals surface area contributed by atoms with Gasteiger partial charge in [-0.2, -0.15) is 5.10 Å². The number of hydrogen-bond donors (Lipinski definition) is 1. The molecule has 1 aromatic heterocycles. The van der Waals surface area contributed by atoms with Crippen LogP contribution in [0.4, 0.5) is 0 Å². The molecule has 2 heterocycles. The highest BCUT2D eigenvalue weighted by Crippen LogP contribution is 2.38. The number of benzene rings is 1. The molecule has 7 nitrogen and oxygen atoms in total. The molecule has 0 radical (unpaired) electrons. The zero-order valence-corrected chi connectivity index (χ0v) is 14.1. The van der Waals surface area contributed by atoms with Crippen LogP contribution in [0.2, 0.25) is 0 Å². The highest BCUT2D eigenvalue weighted by molar-refractivity contribution is 5.86. The van der Waals surface area contributed by atoms with Crippen LogP contribution in [0.5, 0.6) is 0 Å². The van der Waals surface area contributed by atoms with Crippen LogP contribution in [0.1, 0.15) is 47.6 Å². The first-order valence-electron chi connectivity index (χ1n) is 8.54. The summed E-state index contributed by atoms with van der Waals surface area (Å²) >= 11 is 0. The van der Waals surface area contributed by atoms with E-state index in [0.29, 0.717) is 30.3 Å².